The second kappa shape index (κ2) is 5.14. The lowest BCUT2D eigenvalue weighted by atomic mass is 9.71. The highest BCUT2D eigenvalue weighted by Crippen LogP contribution is 2.40. The number of halogens is 3. The second-order valence-corrected chi connectivity index (χ2v) is 5.94. The molecule has 0 spiro atoms. The maximum absolute atomic E-state index is 12.6. The number of ether oxygens (including phenoxy) is 1. The summed E-state index contributed by atoms with van der Waals surface area (Å²) in [7, 11) is 0. The van der Waals surface area contributed by atoms with Gasteiger partial charge in [0.1, 0.15) is 0 Å². The number of hydrogen-bond acceptors (Lipinski definition) is 2. The third-order valence-corrected chi connectivity index (χ3v) is 3.28. The average molecular weight is 253 g/mol. The molecule has 0 radical (unpaired) electrons. The van der Waals surface area contributed by atoms with Crippen LogP contribution >= 0.6 is 0 Å². The molecule has 0 aromatic heterocycles. The van der Waals surface area contributed by atoms with E-state index in [9.17, 15) is 13.2 Å². The molecule has 3 unspecified atom stereocenters. The lowest BCUT2D eigenvalue weighted by Crippen LogP contribution is -2.43. The van der Waals surface area contributed by atoms with Gasteiger partial charge in [0, 0.05) is 6.54 Å². The van der Waals surface area contributed by atoms with E-state index in [1.165, 1.54) is 0 Å². The van der Waals surface area contributed by atoms with Crippen molar-refractivity contribution in [3.05, 3.63) is 0 Å². The zero-order valence-corrected chi connectivity index (χ0v) is 10.7. The van der Waals surface area contributed by atoms with Crippen molar-refractivity contribution in [1.82, 2.24) is 0 Å². The monoisotopic (exact) mass is 253 g/mol. The van der Waals surface area contributed by atoms with Crippen LogP contribution < -0.4 is 5.73 Å². The van der Waals surface area contributed by atoms with Crippen LogP contribution in [0.1, 0.15) is 40.0 Å². The summed E-state index contributed by atoms with van der Waals surface area (Å²) >= 11 is 0. The predicted molar refractivity (Wildman–Crippen MR) is 60.6 cm³/mol. The van der Waals surface area contributed by atoms with Crippen molar-refractivity contribution in [2.45, 2.75) is 58.4 Å². The van der Waals surface area contributed by atoms with Gasteiger partial charge in [-0.05, 0) is 30.6 Å². The maximum Gasteiger partial charge on any atom is 0.415 e. The Hall–Kier alpha value is -0.290. The first-order valence-electron chi connectivity index (χ1n) is 6.06. The first-order chi connectivity index (χ1) is 7.64. The molecule has 0 aliphatic heterocycles. The Bertz CT molecular complexity index is 253. The summed E-state index contributed by atoms with van der Waals surface area (Å²) in [5.41, 5.74) is 5.18. The molecule has 0 saturated heterocycles. The summed E-state index contributed by atoms with van der Waals surface area (Å²) in [6, 6.07) is 0. The van der Waals surface area contributed by atoms with Gasteiger partial charge >= 0.3 is 6.18 Å². The molecule has 1 aliphatic rings. The maximum atomic E-state index is 12.6. The molecule has 0 bridgehead atoms. The van der Waals surface area contributed by atoms with Crippen molar-refractivity contribution in [3.63, 3.8) is 0 Å². The molecule has 0 heterocycles. The molecule has 2 nitrogen and oxygen atoms in total. The molecule has 2 N–H and O–H groups in total. The van der Waals surface area contributed by atoms with Crippen LogP contribution in [0.2, 0.25) is 0 Å². The van der Waals surface area contributed by atoms with Crippen molar-refractivity contribution >= 4 is 0 Å². The van der Waals surface area contributed by atoms with Gasteiger partial charge < -0.3 is 10.5 Å². The SMILES string of the molecule is CC1CC(OC(CN)C(F)(F)F)CC(C)(C)C1. The van der Waals surface area contributed by atoms with E-state index in [0.29, 0.717) is 18.8 Å². The minimum Gasteiger partial charge on any atom is -0.364 e. The van der Waals surface area contributed by atoms with E-state index in [4.69, 9.17) is 10.5 Å². The largest absolute Gasteiger partial charge is 0.415 e. The van der Waals surface area contributed by atoms with E-state index < -0.39 is 18.8 Å². The van der Waals surface area contributed by atoms with Gasteiger partial charge in [-0.3, -0.25) is 0 Å². The van der Waals surface area contributed by atoms with Gasteiger partial charge in [0.25, 0.3) is 0 Å². The second-order valence-electron chi connectivity index (χ2n) is 5.94. The molecule has 3 atom stereocenters. The Labute approximate surface area is 101 Å². The molecule has 17 heavy (non-hydrogen) atoms. The first-order valence-corrected chi connectivity index (χ1v) is 6.06. The van der Waals surface area contributed by atoms with Crippen molar-refractivity contribution < 1.29 is 17.9 Å². The lowest BCUT2D eigenvalue weighted by Gasteiger charge is -2.40. The standard InChI is InChI=1S/C12H22F3NO/c1-8-4-9(6-11(2,3)5-8)17-10(7-16)12(13,14)15/h8-10H,4-7,16H2,1-3H3. The molecule has 102 valence electrons. The van der Waals surface area contributed by atoms with E-state index in [1.807, 2.05) is 0 Å². The Balaban J connectivity index is 2.61. The summed E-state index contributed by atoms with van der Waals surface area (Å²) in [5, 5.41) is 0. The summed E-state index contributed by atoms with van der Waals surface area (Å²) in [6.07, 6.45) is -4.12. The van der Waals surface area contributed by atoms with E-state index >= 15 is 0 Å². The van der Waals surface area contributed by atoms with Gasteiger partial charge in [-0.1, -0.05) is 20.8 Å². The number of hydrogen-bond donors (Lipinski definition) is 1. The number of alkyl halides is 3. The van der Waals surface area contributed by atoms with Gasteiger partial charge in [0.2, 0.25) is 0 Å². The Morgan fingerprint density at radius 3 is 2.35 bits per heavy atom. The van der Waals surface area contributed by atoms with Gasteiger partial charge in [-0.15, -0.1) is 0 Å². The summed E-state index contributed by atoms with van der Waals surface area (Å²) < 4.78 is 42.8. The Morgan fingerprint density at radius 1 is 1.35 bits per heavy atom. The van der Waals surface area contributed by atoms with E-state index in [2.05, 4.69) is 20.8 Å². The molecule has 1 saturated carbocycles. The average Bonchev–Trinajstić information content (AvgIpc) is 2.08. The summed E-state index contributed by atoms with van der Waals surface area (Å²) in [4.78, 5) is 0. The highest BCUT2D eigenvalue weighted by atomic mass is 19.4. The third-order valence-electron chi connectivity index (χ3n) is 3.28. The van der Waals surface area contributed by atoms with Crippen molar-refractivity contribution in [1.29, 1.82) is 0 Å². The Morgan fingerprint density at radius 2 is 1.94 bits per heavy atom. The smallest absolute Gasteiger partial charge is 0.364 e. The quantitative estimate of drug-likeness (QED) is 0.838. The van der Waals surface area contributed by atoms with E-state index in [0.717, 1.165) is 6.42 Å². The zero-order chi connectivity index (χ0) is 13.3. The fraction of sp³-hybridized carbons (Fsp3) is 1.00. The van der Waals surface area contributed by atoms with Gasteiger partial charge in [-0.2, -0.15) is 13.2 Å². The minimum absolute atomic E-state index is 0.0487. The minimum atomic E-state index is -4.36. The normalized spacial score (nSPS) is 31.2. The first kappa shape index (κ1) is 14.8. The highest BCUT2D eigenvalue weighted by molar-refractivity contribution is 4.85. The molecular weight excluding hydrogens is 231 g/mol. The van der Waals surface area contributed by atoms with Crippen LogP contribution in [-0.4, -0.2) is 24.9 Å². The molecule has 0 amide bonds. The van der Waals surface area contributed by atoms with Crippen molar-refractivity contribution in [3.8, 4) is 0 Å². The van der Waals surface area contributed by atoms with Gasteiger partial charge in [0.15, 0.2) is 6.10 Å². The van der Waals surface area contributed by atoms with Crippen LogP contribution in [0.3, 0.4) is 0 Å². The summed E-state index contributed by atoms with van der Waals surface area (Å²) in [5.74, 6) is 0.399. The molecule has 5 heteroatoms. The summed E-state index contributed by atoms with van der Waals surface area (Å²) in [6.45, 7) is 5.70. The third kappa shape index (κ3) is 4.47. The number of rotatable bonds is 3. The number of nitrogens with two attached hydrogens (primary N) is 1. The van der Waals surface area contributed by atoms with Crippen molar-refractivity contribution in [2.75, 3.05) is 6.54 Å². The fourth-order valence-corrected chi connectivity index (χ4v) is 2.86. The van der Waals surface area contributed by atoms with Crippen LogP contribution in [0.4, 0.5) is 13.2 Å². The van der Waals surface area contributed by atoms with Crippen LogP contribution in [-0.2, 0) is 4.74 Å². The van der Waals surface area contributed by atoms with E-state index in [1.54, 1.807) is 0 Å². The zero-order valence-electron chi connectivity index (χ0n) is 10.7. The molecule has 0 aromatic rings. The highest BCUT2D eigenvalue weighted by Gasteiger charge is 2.43. The Kier molecular flexibility index (Phi) is 4.47. The molecule has 0 aromatic carbocycles. The molecule has 1 rings (SSSR count). The van der Waals surface area contributed by atoms with Crippen LogP contribution in [0.5, 0.6) is 0 Å². The van der Waals surface area contributed by atoms with Crippen molar-refractivity contribution in [2.24, 2.45) is 17.1 Å². The lowest BCUT2D eigenvalue weighted by molar-refractivity contribution is -0.236. The molecule has 1 aliphatic carbocycles. The van der Waals surface area contributed by atoms with Crippen LogP contribution in [0.15, 0.2) is 0 Å². The van der Waals surface area contributed by atoms with E-state index in [-0.39, 0.29) is 11.5 Å². The van der Waals surface area contributed by atoms with Crippen LogP contribution in [0, 0.1) is 11.3 Å². The predicted octanol–water partition coefficient (Wildman–Crippen LogP) is 3.11. The van der Waals surface area contributed by atoms with Gasteiger partial charge in [-0.25, -0.2) is 0 Å². The topological polar surface area (TPSA) is 35.2 Å². The molecule has 1 fully saturated rings. The molecular formula is C12H22F3NO. The fourth-order valence-electron chi connectivity index (χ4n) is 2.86. The van der Waals surface area contributed by atoms with Gasteiger partial charge in [0.05, 0.1) is 6.10 Å². The van der Waals surface area contributed by atoms with Crippen LogP contribution in [0.25, 0.3) is 0 Å².